The van der Waals surface area contributed by atoms with Gasteiger partial charge in [0.05, 0.1) is 6.10 Å². The molecule has 4 nitrogen and oxygen atoms in total. The number of aliphatic hydroxyl groups excluding tert-OH is 1. The second-order valence-corrected chi connectivity index (χ2v) is 3.17. The van der Waals surface area contributed by atoms with E-state index in [-0.39, 0.29) is 12.5 Å². The van der Waals surface area contributed by atoms with Crippen molar-refractivity contribution in [3.8, 4) is 0 Å². The number of carbonyl (C=O) groups is 1. The molecular formula is C10H18N2O2. The standard InChI is InChI=1S/C10H18N2O2/c1-3-4-5-9(11)6-10(14)7-12-8(2)13/h3-4,10-11,14H,5-7H2,1-2H3,(H,12,13)/b4-3-,11-9?. The third-order valence-corrected chi connectivity index (χ3v) is 1.67. The van der Waals surface area contributed by atoms with Crippen LogP contribution in [0.15, 0.2) is 12.2 Å². The molecule has 0 aromatic rings. The normalized spacial score (nSPS) is 12.8. The minimum Gasteiger partial charge on any atom is -0.391 e. The molecule has 0 radical (unpaired) electrons. The molecule has 0 fully saturated rings. The van der Waals surface area contributed by atoms with Gasteiger partial charge in [0.15, 0.2) is 0 Å². The third-order valence-electron chi connectivity index (χ3n) is 1.67. The van der Waals surface area contributed by atoms with Gasteiger partial charge < -0.3 is 15.8 Å². The van der Waals surface area contributed by atoms with Crippen LogP contribution in [0.1, 0.15) is 26.7 Å². The molecule has 0 saturated carbocycles. The van der Waals surface area contributed by atoms with Crippen LogP contribution in [-0.2, 0) is 4.79 Å². The number of rotatable bonds is 6. The van der Waals surface area contributed by atoms with E-state index in [1.165, 1.54) is 6.92 Å². The van der Waals surface area contributed by atoms with Gasteiger partial charge in [-0.3, -0.25) is 4.79 Å². The first kappa shape index (κ1) is 12.8. The van der Waals surface area contributed by atoms with Gasteiger partial charge in [0.2, 0.25) is 5.91 Å². The maximum Gasteiger partial charge on any atom is 0.216 e. The highest BCUT2D eigenvalue weighted by Crippen LogP contribution is 1.97. The van der Waals surface area contributed by atoms with Gasteiger partial charge >= 0.3 is 0 Å². The predicted molar refractivity (Wildman–Crippen MR) is 56.5 cm³/mol. The molecule has 0 aromatic heterocycles. The Bertz CT molecular complexity index is 224. The lowest BCUT2D eigenvalue weighted by Gasteiger charge is -2.10. The van der Waals surface area contributed by atoms with Gasteiger partial charge in [-0.1, -0.05) is 12.2 Å². The Kier molecular flexibility index (Phi) is 6.66. The maximum atomic E-state index is 10.5. The zero-order valence-corrected chi connectivity index (χ0v) is 8.71. The molecule has 0 spiro atoms. The number of carbonyl (C=O) groups excluding carboxylic acids is 1. The number of allylic oxidation sites excluding steroid dienone is 2. The molecule has 14 heavy (non-hydrogen) atoms. The summed E-state index contributed by atoms with van der Waals surface area (Å²) in [4.78, 5) is 10.5. The summed E-state index contributed by atoms with van der Waals surface area (Å²) in [5, 5.41) is 19.4. The Morgan fingerprint density at radius 2 is 2.29 bits per heavy atom. The first-order valence-electron chi connectivity index (χ1n) is 4.66. The van der Waals surface area contributed by atoms with Crippen LogP contribution in [-0.4, -0.2) is 29.4 Å². The summed E-state index contributed by atoms with van der Waals surface area (Å²) < 4.78 is 0. The molecule has 80 valence electrons. The zero-order chi connectivity index (χ0) is 11.0. The van der Waals surface area contributed by atoms with E-state index < -0.39 is 6.10 Å². The highest BCUT2D eigenvalue weighted by Gasteiger charge is 2.07. The van der Waals surface area contributed by atoms with Gasteiger partial charge in [-0.05, 0) is 6.92 Å². The van der Waals surface area contributed by atoms with Gasteiger partial charge in [-0.15, -0.1) is 0 Å². The lowest BCUT2D eigenvalue weighted by Crippen LogP contribution is -2.31. The summed E-state index contributed by atoms with van der Waals surface area (Å²) in [5.74, 6) is -0.163. The van der Waals surface area contributed by atoms with Crippen LogP contribution < -0.4 is 5.32 Å². The van der Waals surface area contributed by atoms with Crippen molar-refractivity contribution < 1.29 is 9.90 Å². The Balaban J connectivity index is 3.65. The number of amides is 1. The molecule has 1 atom stereocenters. The molecule has 0 aliphatic rings. The minimum atomic E-state index is -0.656. The van der Waals surface area contributed by atoms with E-state index in [9.17, 15) is 9.90 Å². The van der Waals surface area contributed by atoms with Crippen LogP contribution in [0.3, 0.4) is 0 Å². The zero-order valence-electron chi connectivity index (χ0n) is 8.71. The molecule has 0 aliphatic carbocycles. The molecule has 0 saturated heterocycles. The molecule has 4 heteroatoms. The number of aliphatic hydroxyl groups is 1. The monoisotopic (exact) mass is 198 g/mol. The minimum absolute atomic E-state index is 0.163. The van der Waals surface area contributed by atoms with Crippen molar-refractivity contribution in [2.75, 3.05) is 6.54 Å². The molecule has 0 heterocycles. The van der Waals surface area contributed by atoms with Gasteiger partial charge in [0, 0.05) is 32.0 Å². The quantitative estimate of drug-likeness (QED) is 0.437. The van der Waals surface area contributed by atoms with Crippen molar-refractivity contribution in [3.05, 3.63) is 12.2 Å². The van der Waals surface area contributed by atoms with Gasteiger partial charge in [-0.2, -0.15) is 0 Å². The van der Waals surface area contributed by atoms with Crippen LogP contribution >= 0.6 is 0 Å². The van der Waals surface area contributed by atoms with Crippen LogP contribution in [0.4, 0.5) is 0 Å². The number of hydrogen-bond donors (Lipinski definition) is 3. The Morgan fingerprint density at radius 1 is 1.64 bits per heavy atom. The first-order chi connectivity index (χ1) is 6.56. The molecule has 0 rings (SSSR count). The van der Waals surface area contributed by atoms with Crippen molar-refractivity contribution >= 4 is 11.6 Å². The lowest BCUT2D eigenvalue weighted by molar-refractivity contribution is -0.119. The van der Waals surface area contributed by atoms with E-state index in [0.717, 1.165) is 0 Å². The van der Waals surface area contributed by atoms with Crippen molar-refractivity contribution in [2.24, 2.45) is 0 Å². The SMILES string of the molecule is C/C=C\CC(=N)CC(O)CNC(C)=O. The highest BCUT2D eigenvalue weighted by atomic mass is 16.3. The van der Waals surface area contributed by atoms with Crippen molar-refractivity contribution in [1.82, 2.24) is 5.32 Å². The Hall–Kier alpha value is -1.16. The highest BCUT2D eigenvalue weighted by molar-refractivity contribution is 5.83. The average molecular weight is 198 g/mol. The second-order valence-electron chi connectivity index (χ2n) is 3.17. The van der Waals surface area contributed by atoms with E-state index in [1.807, 2.05) is 19.1 Å². The van der Waals surface area contributed by atoms with Crippen molar-refractivity contribution in [2.45, 2.75) is 32.8 Å². The van der Waals surface area contributed by atoms with Crippen LogP contribution in [0.25, 0.3) is 0 Å². The predicted octanol–water partition coefficient (Wildman–Crippen LogP) is 0.859. The van der Waals surface area contributed by atoms with Crippen LogP contribution in [0.2, 0.25) is 0 Å². The largest absolute Gasteiger partial charge is 0.391 e. The summed E-state index contributed by atoms with van der Waals surface area (Å²) in [6, 6.07) is 0. The topological polar surface area (TPSA) is 73.2 Å². The van der Waals surface area contributed by atoms with Crippen LogP contribution in [0, 0.1) is 5.41 Å². The summed E-state index contributed by atoms with van der Waals surface area (Å²) in [6.07, 6.45) is 3.96. The molecule has 0 aromatic carbocycles. The average Bonchev–Trinajstić information content (AvgIpc) is 2.11. The third kappa shape index (κ3) is 7.49. The molecule has 1 amide bonds. The molecule has 0 bridgehead atoms. The Labute approximate surface area is 84.5 Å². The molecule has 1 unspecified atom stereocenters. The summed E-state index contributed by atoms with van der Waals surface area (Å²) >= 11 is 0. The van der Waals surface area contributed by atoms with Crippen molar-refractivity contribution in [3.63, 3.8) is 0 Å². The fourth-order valence-corrected chi connectivity index (χ4v) is 0.962. The van der Waals surface area contributed by atoms with E-state index in [4.69, 9.17) is 5.41 Å². The van der Waals surface area contributed by atoms with Gasteiger partial charge in [-0.25, -0.2) is 0 Å². The molecular weight excluding hydrogens is 180 g/mol. The van der Waals surface area contributed by atoms with Crippen molar-refractivity contribution in [1.29, 1.82) is 5.41 Å². The summed E-state index contributed by atoms with van der Waals surface area (Å²) in [5.41, 5.74) is 0.473. The fraction of sp³-hybridized carbons (Fsp3) is 0.600. The van der Waals surface area contributed by atoms with Crippen LogP contribution in [0.5, 0.6) is 0 Å². The summed E-state index contributed by atoms with van der Waals surface area (Å²) in [6.45, 7) is 3.51. The number of hydrogen-bond acceptors (Lipinski definition) is 3. The number of nitrogens with one attached hydrogen (secondary N) is 2. The second kappa shape index (κ2) is 7.26. The fourth-order valence-electron chi connectivity index (χ4n) is 0.962. The first-order valence-corrected chi connectivity index (χ1v) is 4.66. The van der Waals surface area contributed by atoms with E-state index in [0.29, 0.717) is 18.6 Å². The summed E-state index contributed by atoms with van der Waals surface area (Å²) in [7, 11) is 0. The molecule has 3 N–H and O–H groups in total. The lowest BCUT2D eigenvalue weighted by atomic mass is 10.1. The smallest absolute Gasteiger partial charge is 0.216 e. The van der Waals surface area contributed by atoms with E-state index in [2.05, 4.69) is 5.32 Å². The Morgan fingerprint density at radius 3 is 2.79 bits per heavy atom. The van der Waals surface area contributed by atoms with Gasteiger partial charge in [0.1, 0.15) is 0 Å². The molecule has 0 aliphatic heterocycles. The maximum absolute atomic E-state index is 10.5. The van der Waals surface area contributed by atoms with Gasteiger partial charge in [0.25, 0.3) is 0 Å². The van der Waals surface area contributed by atoms with E-state index in [1.54, 1.807) is 0 Å². The van der Waals surface area contributed by atoms with E-state index >= 15 is 0 Å².